The fraction of sp³-hybridized carbons (Fsp3) is 0.318. The Balaban J connectivity index is 2.07. The van der Waals surface area contributed by atoms with Gasteiger partial charge in [-0.05, 0) is 30.0 Å². The summed E-state index contributed by atoms with van der Waals surface area (Å²) in [6.07, 6.45) is 4.94. The Labute approximate surface area is 169 Å². The van der Waals surface area contributed by atoms with Crippen LogP contribution in [0.3, 0.4) is 0 Å². The molecular formula is C22H23N3O4. The molecule has 0 aliphatic carbocycles. The second-order valence-corrected chi connectivity index (χ2v) is 7.11. The van der Waals surface area contributed by atoms with Crippen LogP contribution < -0.4 is 10.5 Å². The molecule has 7 nitrogen and oxygen atoms in total. The second kappa shape index (κ2) is 8.65. The van der Waals surface area contributed by atoms with Crippen LogP contribution in [-0.4, -0.2) is 10.0 Å². The van der Waals surface area contributed by atoms with E-state index in [0.717, 1.165) is 31.2 Å². The van der Waals surface area contributed by atoms with E-state index in [1.54, 1.807) is 12.1 Å². The third kappa shape index (κ3) is 4.16. The molecule has 0 bridgehead atoms. The molecule has 0 radical (unpaired) electrons. The maximum atomic E-state index is 11.2. The number of hydrogen-bond donors (Lipinski definition) is 2. The largest absolute Gasteiger partial charge is 0.508 e. The standard InChI is InChI=1S/C22H23N3O4/c1-2-3-4-5-7-14-11-17-20(12-19(14)26)29-22(24)18(13-23)21(17)15-8-6-9-16(10-15)25(27)28/h6,8-12,21,26H,2-5,7,24H2,1H3. The van der Waals surface area contributed by atoms with Gasteiger partial charge in [0.1, 0.15) is 23.1 Å². The van der Waals surface area contributed by atoms with E-state index in [1.165, 1.54) is 18.2 Å². The van der Waals surface area contributed by atoms with Crippen molar-refractivity contribution < 1.29 is 14.8 Å². The number of unbranched alkanes of at least 4 members (excludes halogenated alkanes) is 3. The molecule has 7 heteroatoms. The van der Waals surface area contributed by atoms with Crippen LogP contribution in [0, 0.1) is 21.4 Å². The number of ether oxygens (including phenoxy) is 1. The summed E-state index contributed by atoms with van der Waals surface area (Å²) in [6.45, 7) is 2.14. The van der Waals surface area contributed by atoms with Crippen molar-refractivity contribution in [3.8, 4) is 17.6 Å². The molecule has 0 amide bonds. The molecule has 2 aromatic carbocycles. The summed E-state index contributed by atoms with van der Waals surface area (Å²) in [5, 5.41) is 31.3. The smallest absolute Gasteiger partial charge is 0.269 e. The topological polar surface area (TPSA) is 122 Å². The van der Waals surface area contributed by atoms with Crippen molar-refractivity contribution in [2.75, 3.05) is 0 Å². The molecule has 3 N–H and O–H groups in total. The van der Waals surface area contributed by atoms with Gasteiger partial charge in [-0.3, -0.25) is 10.1 Å². The van der Waals surface area contributed by atoms with Gasteiger partial charge in [0.25, 0.3) is 5.69 Å². The van der Waals surface area contributed by atoms with E-state index in [9.17, 15) is 20.5 Å². The Bertz CT molecular complexity index is 1010. The minimum atomic E-state index is -0.598. The zero-order valence-electron chi connectivity index (χ0n) is 16.2. The minimum absolute atomic E-state index is 0.0633. The van der Waals surface area contributed by atoms with Gasteiger partial charge >= 0.3 is 0 Å². The van der Waals surface area contributed by atoms with Crippen LogP contribution in [0.2, 0.25) is 0 Å². The first-order valence-electron chi connectivity index (χ1n) is 9.64. The number of aryl methyl sites for hydroxylation is 1. The van der Waals surface area contributed by atoms with Gasteiger partial charge in [0.05, 0.1) is 10.8 Å². The van der Waals surface area contributed by atoms with Crippen molar-refractivity contribution >= 4 is 5.69 Å². The molecular weight excluding hydrogens is 370 g/mol. The number of aromatic hydroxyl groups is 1. The van der Waals surface area contributed by atoms with Crippen molar-refractivity contribution in [3.63, 3.8) is 0 Å². The van der Waals surface area contributed by atoms with Crippen LogP contribution >= 0.6 is 0 Å². The van der Waals surface area contributed by atoms with E-state index < -0.39 is 10.8 Å². The molecule has 0 fully saturated rings. The van der Waals surface area contributed by atoms with Gasteiger partial charge in [-0.25, -0.2) is 0 Å². The zero-order valence-corrected chi connectivity index (χ0v) is 16.2. The maximum absolute atomic E-state index is 11.2. The number of nitrogens with two attached hydrogens (primary N) is 1. The number of nitrogens with zero attached hydrogens (tertiary/aromatic N) is 2. The average molecular weight is 393 g/mol. The van der Waals surface area contributed by atoms with Crippen LogP contribution in [-0.2, 0) is 6.42 Å². The number of benzene rings is 2. The van der Waals surface area contributed by atoms with Crippen LogP contribution in [0.1, 0.15) is 55.2 Å². The zero-order chi connectivity index (χ0) is 21.0. The van der Waals surface area contributed by atoms with Crippen LogP contribution in [0.15, 0.2) is 47.9 Å². The van der Waals surface area contributed by atoms with Gasteiger partial charge in [-0.15, -0.1) is 0 Å². The first kappa shape index (κ1) is 20.2. The number of rotatable bonds is 7. The van der Waals surface area contributed by atoms with Gasteiger partial charge < -0.3 is 15.6 Å². The van der Waals surface area contributed by atoms with E-state index in [2.05, 4.69) is 13.0 Å². The highest BCUT2D eigenvalue weighted by Crippen LogP contribution is 2.45. The van der Waals surface area contributed by atoms with E-state index in [1.807, 2.05) is 6.07 Å². The quantitative estimate of drug-likeness (QED) is 0.401. The monoisotopic (exact) mass is 393 g/mol. The molecule has 150 valence electrons. The predicted octanol–water partition coefficient (Wildman–Crippen LogP) is 4.64. The lowest BCUT2D eigenvalue weighted by molar-refractivity contribution is -0.384. The summed E-state index contributed by atoms with van der Waals surface area (Å²) in [4.78, 5) is 10.7. The summed E-state index contributed by atoms with van der Waals surface area (Å²) in [5.74, 6) is -0.190. The van der Waals surface area contributed by atoms with Crippen molar-refractivity contribution in [3.05, 3.63) is 74.7 Å². The van der Waals surface area contributed by atoms with Crippen LogP contribution in [0.25, 0.3) is 0 Å². The number of nitriles is 1. The Kier molecular flexibility index (Phi) is 6.03. The first-order chi connectivity index (χ1) is 14.0. The number of hydrogen-bond acceptors (Lipinski definition) is 6. The number of non-ortho nitro benzene ring substituents is 1. The predicted molar refractivity (Wildman–Crippen MR) is 108 cm³/mol. The van der Waals surface area contributed by atoms with E-state index >= 15 is 0 Å². The molecule has 1 aliphatic heterocycles. The molecule has 2 aromatic rings. The van der Waals surface area contributed by atoms with Gasteiger partial charge in [-0.1, -0.05) is 38.3 Å². The van der Waals surface area contributed by atoms with E-state index in [4.69, 9.17) is 10.5 Å². The third-order valence-corrected chi connectivity index (χ3v) is 5.13. The van der Waals surface area contributed by atoms with Crippen molar-refractivity contribution in [1.82, 2.24) is 0 Å². The molecule has 29 heavy (non-hydrogen) atoms. The van der Waals surface area contributed by atoms with Crippen molar-refractivity contribution in [1.29, 1.82) is 5.26 Å². The Morgan fingerprint density at radius 3 is 2.76 bits per heavy atom. The summed E-state index contributed by atoms with van der Waals surface area (Å²) in [7, 11) is 0. The molecule has 1 unspecified atom stereocenters. The van der Waals surface area contributed by atoms with Crippen molar-refractivity contribution in [2.24, 2.45) is 5.73 Å². The number of allylic oxidation sites excluding steroid dienone is 1. The molecule has 1 aliphatic rings. The summed E-state index contributed by atoms with van der Waals surface area (Å²) in [5.41, 5.74) is 8.08. The molecule has 3 rings (SSSR count). The number of phenolic OH excluding ortho intramolecular Hbond substituents is 1. The minimum Gasteiger partial charge on any atom is -0.508 e. The molecule has 1 atom stereocenters. The lowest BCUT2D eigenvalue weighted by atomic mass is 9.82. The highest BCUT2D eigenvalue weighted by Gasteiger charge is 2.32. The Morgan fingerprint density at radius 2 is 2.07 bits per heavy atom. The fourth-order valence-corrected chi connectivity index (χ4v) is 3.64. The van der Waals surface area contributed by atoms with Crippen LogP contribution in [0.5, 0.6) is 11.5 Å². The normalized spacial score (nSPS) is 15.4. The summed E-state index contributed by atoms with van der Waals surface area (Å²) < 4.78 is 5.58. The van der Waals surface area contributed by atoms with Crippen molar-refractivity contribution in [2.45, 2.75) is 44.9 Å². The van der Waals surface area contributed by atoms with Gasteiger partial charge in [-0.2, -0.15) is 5.26 Å². The lowest BCUT2D eigenvalue weighted by Gasteiger charge is -2.27. The highest BCUT2D eigenvalue weighted by molar-refractivity contribution is 5.59. The second-order valence-electron chi connectivity index (χ2n) is 7.11. The number of nitro groups is 1. The number of nitro benzene ring substituents is 1. The van der Waals surface area contributed by atoms with Gasteiger partial charge in [0, 0.05) is 23.8 Å². The van der Waals surface area contributed by atoms with Gasteiger partial charge in [0.2, 0.25) is 5.88 Å². The summed E-state index contributed by atoms with van der Waals surface area (Å²) >= 11 is 0. The summed E-state index contributed by atoms with van der Waals surface area (Å²) in [6, 6.07) is 11.6. The van der Waals surface area contributed by atoms with Crippen LogP contribution in [0.4, 0.5) is 5.69 Å². The third-order valence-electron chi connectivity index (χ3n) is 5.13. The lowest BCUT2D eigenvalue weighted by Crippen LogP contribution is -2.21. The average Bonchev–Trinajstić information content (AvgIpc) is 2.70. The SMILES string of the molecule is CCCCCCc1cc2c(cc1O)OC(N)=C(C#N)C2c1cccc([N+](=O)[O-])c1. The Morgan fingerprint density at radius 1 is 1.28 bits per heavy atom. The van der Waals surface area contributed by atoms with E-state index in [-0.39, 0.29) is 22.9 Å². The fourth-order valence-electron chi connectivity index (χ4n) is 3.64. The molecule has 0 saturated carbocycles. The van der Waals surface area contributed by atoms with E-state index in [0.29, 0.717) is 23.3 Å². The first-order valence-corrected chi connectivity index (χ1v) is 9.64. The molecule has 1 heterocycles. The van der Waals surface area contributed by atoms with Gasteiger partial charge in [0.15, 0.2) is 0 Å². The maximum Gasteiger partial charge on any atom is 0.269 e. The Hall–Kier alpha value is -3.53. The molecule has 0 saturated heterocycles. The number of fused-ring (bicyclic) bond motifs is 1. The molecule has 0 aromatic heterocycles. The molecule has 0 spiro atoms. The number of phenols is 1. The highest BCUT2D eigenvalue weighted by atomic mass is 16.6.